The summed E-state index contributed by atoms with van der Waals surface area (Å²) >= 11 is 3.18. The molecule has 92 valence electrons. The topological polar surface area (TPSA) is 46.5 Å². The highest BCUT2D eigenvalue weighted by Crippen LogP contribution is 2.31. The van der Waals surface area contributed by atoms with Crippen molar-refractivity contribution >= 4 is 22.2 Å². The number of ether oxygens (including phenoxy) is 1. The first kappa shape index (κ1) is 12.6. The van der Waals surface area contributed by atoms with Crippen molar-refractivity contribution < 1.29 is 14.6 Å². The first-order valence-corrected chi connectivity index (χ1v) is 6.14. The zero-order chi connectivity index (χ0) is 13.0. The maximum atomic E-state index is 10.8. The molecule has 0 bridgehead atoms. The van der Waals surface area contributed by atoms with E-state index in [0.717, 1.165) is 5.56 Å². The van der Waals surface area contributed by atoms with Gasteiger partial charge in [0.2, 0.25) is 0 Å². The van der Waals surface area contributed by atoms with E-state index in [0.29, 0.717) is 23.1 Å². The molecule has 0 unspecified atom stereocenters. The van der Waals surface area contributed by atoms with E-state index in [1.807, 2.05) is 30.3 Å². The monoisotopic (exact) mass is 306 g/mol. The van der Waals surface area contributed by atoms with Crippen LogP contribution in [0.15, 0.2) is 46.9 Å². The van der Waals surface area contributed by atoms with Gasteiger partial charge in [-0.2, -0.15) is 0 Å². The molecule has 2 aromatic rings. The number of phenols is 1. The second kappa shape index (κ2) is 5.69. The minimum absolute atomic E-state index is 0.0722. The molecule has 0 saturated heterocycles. The summed E-state index contributed by atoms with van der Waals surface area (Å²) in [5, 5.41) is 9.57. The first-order valence-electron chi connectivity index (χ1n) is 5.35. The van der Waals surface area contributed by atoms with E-state index < -0.39 is 0 Å². The number of phenolic OH excluding ortho intramolecular Hbond substituents is 1. The molecule has 18 heavy (non-hydrogen) atoms. The highest BCUT2D eigenvalue weighted by molar-refractivity contribution is 9.10. The lowest BCUT2D eigenvalue weighted by Crippen LogP contribution is -1.96. The molecular weight excluding hydrogens is 296 g/mol. The number of aromatic hydroxyl groups is 1. The predicted molar refractivity (Wildman–Crippen MR) is 72.0 cm³/mol. The molecule has 0 fully saturated rings. The van der Waals surface area contributed by atoms with Gasteiger partial charge in [0.1, 0.15) is 18.1 Å². The van der Waals surface area contributed by atoms with Crippen molar-refractivity contribution in [3.63, 3.8) is 0 Å². The third-order valence-electron chi connectivity index (χ3n) is 2.44. The first-order chi connectivity index (χ1) is 8.70. The van der Waals surface area contributed by atoms with Gasteiger partial charge in [-0.05, 0) is 33.6 Å². The van der Waals surface area contributed by atoms with E-state index in [1.54, 1.807) is 6.07 Å². The number of halogens is 1. The standard InChI is InChI=1S/C14H11BrO3/c15-13-7-12(6-11(8-16)14(13)17)18-9-10-4-2-1-3-5-10/h1-8,17H,9H2. The van der Waals surface area contributed by atoms with Crippen LogP contribution in [-0.4, -0.2) is 11.4 Å². The van der Waals surface area contributed by atoms with Crippen molar-refractivity contribution in [1.29, 1.82) is 0 Å². The summed E-state index contributed by atoms with van der Waals surface area (Å²) < 4.78 is 6.01. The summed E-state index contributed by atoms with van der Waals surface area (Å²) in [6.45, 7) is 0.413. The van der Waals surface area contributed by atoms with Crippen LogP contribution in [0.3, 0.4) is 0 Å². The molecule has 0 atom stereocenters. The number of hydrogen-bond donors (Lipinski definition) is 1. The van der Waals surface area contributed by atoms with E-state index in [9.17, 15) is 9.90 Å². The number of rotatable bonds is 4. The maximum absolute atomic E-state index is 10.8. The Morgan fingerprint density at radius 2 is 1.94 bits per heavy atom. The smallest absolute Gasteiger partial charge is 0.153 e. The molecule has 0 aliphatic carbocycles. The quantitative estimate of drug-likeness (QED) is 0.879. The number of aldehydes is 1. The third-order valence-corrected chi connectivity index (χ3v) is 3.05. The van der Waals surface area contributed by atoms with Crippen LogP contribution in [0.5, 0.6) is 11.5 Å². The highest BCUT2D eigenvalue weighted by Gasteiger charge is 2.08. The lowest BCUT2D eigenvalue weighted by Gasteiger charge is -2.08. The Morgan fingerprint density at radius 3 is 2.61 bits per heavy atom. The normalized spacial score (nSPS) is 10.1. The summed E-state index contributed by atoms with van der Waals surface area (Å²) in [5.41, 5.74) is 1.24. The molecule has 0 spiro atoms. The number of carbonyl (C=O) groups is 1. The van der Waals surface area contributed by atoms with E-state index >= 15 is 0 Å². The van der Waals surface area contributed by atoms with Crippen LogP contribution in [0.4, 0.5) is 0 Å². The lowest BCUT2D eigenvalue weighted by molar-refractivity contribution is 0.112. The summed E-state index contributed by atoms with van der Waals surface area (Å²) in [7, 11) is 0. The van der Waals surface area contributed by atoms with Gasteiger partial charge in [-0.25, -0.2) is 0 Å². The fraction of sp³-hybridized carbons (Fsp3) is 0.0714. The Balaban J connectivity index is 2.15. The van der Waals surface area contributed by atoms with Gasteiger partial charge < -0.3 is 9.84 Å². The fourth-order valence-electron chi connectivity index (χ4n) is 1.51. The SMILES string of the molecule is O=Cc1cc(OCc2ccccc2)cc(Br)c1O. The van der Waals surface area contributed by atoms with Crippen molar-refractivity contribution in [2.45, 2.75) is 6.61 Å². The van der Waals surface area contributed by atoms with Gasteiger partial charge in [0.15, 0.2) is 6.29 Å². The van der Waals surface area contributed by atoms with Crippen LogP contribution in [0.2, 0.25) is 0 Å². The van der Waals surface area contributed by atoms with Crippen LogP contribution < -0.4 is 4.74 Å². The molecule has 0 aromatic heterocycles. The van der Waals surface area contributed by atoms with Crippen LogP contribution in [-0.2, 0) is 6.61 Å². The van der Waals surface area contributed by atoms with Gasteiger partial charge in [0, 0.05) is 0 Å². The van der Waals surface area contributed by atoms with Crippen LogP contribution in [0, 0.1) is 0 Å². The molecule has 0 amide bonds. The Morgan fingerprint density at radius 1 is 1.22 bits per heavy atom. The van der Waals surface area contributed by atoms with Crippen molar-refractivity contribution in [3.05, 3.63) is 58.1 Å². The Bertz CT molecular complexity index is 552. The van der Waals surface area contributed by atoms with E-state index in [-0.39, 0.29) is 11.3 Å². The number of benzene rings is 2. The largest absolute Gasteiger partial charge is 0.506 e. The van der Waals surface area contributed by atoms with Crippen molar-refractivity contribution in [3.8, 4) is 11.5 Å². The van der Waals surface area contributed by atoms with E-state index in [4.69, 9.17) is 4.74 Å². The van der Waals surface area contributed by atoms with Crippen LogP contribution in [0.1, 0.15) is 15.9 Å². The lowest BCUT2D eigenvalue weighted by atomic mass is 10.2. The fourth-order valence-corrected chi connectivity index (χ4v) is 1.96. The minimum atomic E-state index is -0.0722. The molecule has 0 aliphatic rings. The Kier molecular flexibility index (Phi) is 3.99. The number of hydrogen-bond acceptors (Lipinski definition) is 3. The van der Waals surface area contributed by atoms with Gasteiger partial charge in [0.25, 0.3) is 0 Å². The predicted octanol–water partition coefficient (Wildman–Crippen LogP) is 3.55. The summed E-state index contributed by atoms with van der Waals surface area (Å²) in [4.78, 5) is 10.8. The van der Waals surface area contributed by atoms with Crippen LogP contribution >= 0.6 is 15.9 Å². The maximum Gasteiger partial charge on any atom is 0.153 e. The average molecular weight is 307 g/mol. The molecule has 0 saturated carbocycles. The zero-order valence-corrected chi connectivity index (χ0v) is 11.1. The van der Waals surface area contributed by atoms with Gasteiger partial charge in [0.05, 0.1) is 10.0 Å². The summed E-state index contributed by atoms with van der Waals surface area (Å²) in [5.74, 6) is 0.461. The van der Waals surface area contributed by atoms with E-state index in [2.05, 4.69) is 15.9 Å². The minimum Gasteiger partial charge on any atom is -0.506 e. The van der Waals surface area contributed by atoms with Crippen LogP contribution in [0.25, 0.3) is 0 Å². The average Bonchev–Trinajstić information content (AvgIpc) is 2.41. The summed E-state index contributed by atoms with van der Waals surface area (Å²) in [6.07, 6.45) is 0.593. The second-order valence-corrected chi connectivity index (χ2v) is 4.59. The highest BCUT2D eigenvalue weighted by atomic mass is 79.9. The van der Waals surface area contributed by atoms with Gasteiger partial charge >= 0.3 is 0 Å². The molecule has 4 heteroatoms. The van der Waals surface area contributed by atoms with Crippen molar-refractivity contribution in [2.75, 3.05) is 0 Å². The molecule has 2 aromatic carbocycles. The number of carbonyl (C=O) groups excluding carboxylic acids is 1. The molecule has 0 heterocycles. The Labute approximate surface area is 113 Å². The third kappa shape index (κ3) is 2.90. The van der Waals surface area contributed by atoms with Gasteiger partial charge in [-0.15, -0.1) is 0 Å². The van der Waals surface area contributed by atoms with Crippen molar-refractivity contribution in [2.24, 2.45) is 0 Å². The molecule has 1 N–H and O–H groups in total. The molecule has 3 nitrogen and oxygen atoms in total. The van der Waals surface area contributed by atoms with E-state index in [1.165, 1.54) is 6.07 Å². The van der Waals surface area contributed by atoms with Gasteiger partial charge in [-0.1, -0.05) is 30.3 Å². The molecular formula is C14H11BrO3. The second-order valence-electron chi connectivity index (χ2n) is 3.74. The van der Waals surface area contributed by atoms with Crippen molar-refractivity contribution in [1.82, 2.24) is 0 Å². The molecule has 0 radical (unpaired) electrons. The molecule has 2 rings (SSSR count). The Hall–Kier alpha value is -1.81. The molecule has 0 aliphatic heterocycles. The zero-order valence-electron chi connectivity index (χ0n) is 9.47. The summed E-state index contributed by atoms with van der Waals surface area (Å²) in [6, 6.07) is 12.9. The van der Waals surface area contributed by atoms with Gasteiger partial charge in [-0.3, -0.25) is 4.79 Å².